The second-order valence-corrected chi connectivity index (χ2v) is 8.85. The number of nitro benzene ring substituents is 2. The molecular weight excluding hydrogens is 609 g/mol. The quantitative estimate of drug-likeness (QED) is 0.254. The Kier molecular flexibility index (Phi) is 15.3. The summed E-state index contributed by atoms with van der Waals surface area (Å²) < 4.78 is 43.7. The van der Waals surface area contributed by atoms with Gasteiger partial charge >= 0.3 is 11.4 Å². The summed E-state index contributed by atoms with van der Waals surface area (Å²) in [4.78, 5) is 22.9. The third-order valence-corrected chi connectivity index (χ3v) is 4.94. The number of aliphatic hydroxyl groups excluding tert-OH is 1. The van der Waals surface area contributed by atoms with Crippen LogP contribution in [0.1, 0.15) is 0 Å². The predicted molar refractivity (Wildman–Crippen MR) is 131 cm³/mol. The molecule has 0 spiro atoms. The van der Waals surface area contributed by atoms with Crippen LogP contribution in [0, 0.1) is 37.7 Å². The van der Waals surface area contributed by atoms with Crippen molar-refractivity contribution in [1.82, 2.24) is 9.80 Å². The summed E-state index contributed by atoms with van der Waals surface area (Å²) in [7, 11) is 7.57. The Morgan fingerprint density at radius 2 is 1.29 bits per heavy atom. The molecule has 10 nitrogen and oxygen atoms in total. The molecule has 0 radical (unpaired) electrons. The van der Waals surface area contributed by atoms with Gasteiger partial charge in [-0.2, -0.15) is 4.39 Å². The first-order valence-corrected chi connectivity index (χ1v) is 11.2. The lowest BCUT2D eigenvalue weighted by molar-refractivity contribution is -0.387. The van der Waals surface area contributed by atoms with Crippen LogP contribution in [0.3, 0.4) is 0 Å². The summed E-state index contributed by atoms with van der Waals surface area (Å²) >= 11 is 5.65. The zero-order valence-corrected chi connectivity index (χ0v) is 22.5. The number of nitrogens with zero attached hydrogens (tertiary/aromatic N) is 4. The lowest BCUT2D eigenvalue weighted by Crippen LogP contribution is -2.19. The number of hydrogen-bond donors (Lipinski definition) is 1. The van der Waals surface area contributed by atoms with Gasteiger partial charge in [-0.05, 0) is 66.1 Å². The van der Waals surface area contributed by atoms with Crippen molar-refractivity contribution in [2.75, 3.05) is 54.5 Å². The average molecular weight is 634 g/mol. The molecule has 0 saturated carbocycles. The Balaban J connectivity index is 0.000000557. The van der Waals surface area contributed by atoms with Crippen molar-refractivity contribution in [2.45, 2.75) is 0 Å². The van der Waals surface area contributed by atoms with E-state index < -0.39 is 33.0 Å². The molecule has 0 atom stereocenters. The van der Waals surface area contributed by atoms with Gasteiger partial charge in [0, 0.05) is 19.2 Å². The minimum atomic E-state index is -1.06. The monoisotopic (exact) mass is 632 g/mol. The van der Waals surface area contributed by atoms with Crippen molar-refractivity contribution in [2.24, 2.45) is 0 Å². The van der Waals surface area contributed by atoms with E-state index in [1.54, 1.807) is 0 Å². The van der Waals surface area contributed by atoms with E-state index >= 15 is 0 Å². The molecule has 0 heterocycles. The van der Waals surface area contributed by atoms with Gasteiger partial charge in [0.05, 0.1) is 37.5 Å². The molecule has 0 unspecified atom stereocenters. The van der Waals surface area contributed by atoms with Crippen molar-refractivity contribution in [3.8, 4) is 5.75 Å². The maximum Gasteiger partial charge on any atom is 0.313 e. The molecule has 0 aliphatic rings. The molecule has 0 fully saturated rings. The molecule has 0 bridgehead atoms. The molecule has 2 aromatic carbocycles. The van der Waals surface area contributed by atoms with E-state index in [1.807, 2.05) is 38.0 Å². The van der Waals surface area contributed by atoms with E-state index in [-0.39, 0.29) is 27.0 Å². The molecule has 15 heteroatoms. The minimum Gasteiger partial charge on any atom is -0.485 e. The van der Waals surface area contributed by atoms with Crippen molar-refractivity contribution >= 4 is 43.2 Å². The maximum absolute atomic E-state index is 13.2. The Bertz CT molecular complexity index is 1000. The summed E-state index contributed by atoms with van der Waals surface area (Å²) in [5, 5.41) is 29.0. The number of likely N-dealkylation sites (N-methyl/N-ethyl adjacent to an activating group) is 2. The molecule has 0 aliphatic carbocycles. The van der Waals surface area contributed by atoms with Gasteiger partial charge in [-0.3, -0.25) is 20.2 Å². The molecule has 0 saturated heterocycles. The largest absolute Gasteiger partial charge is 0.485 e. The van der Waals surface area contributed by atoms with Crippen LogP contribution in [-0.4, -0.2) is 79.2 Å². The lowest BCUT2D eigenvalue weighted by atomic mass is 10.3. The number of ether oxygens (including phenoxy) is 1. The molecular formula is C20H25Br2F3N4O6. The second-order valence-electron chi connectivity index (χ2n) is 7.14. The Labute approximate surface area is 216 Å². The van der Waals surface area contributed by atoms with Crippen LogP contribution in [-0.2, 0) is 0 Å². The summed E-state index contributed by atoms with van der Waals surface area (Å²) in [5.74, 6) is -2.54. The van der Waals surface area contributed by atoms with E-state index in [1.165, 1.54) is 6.07 Å². The van der Waals surface area contributed by atoms with Crippen LogP contribution in [0.15, 0.2) is 33.2 Å². The van der Waals surface area contributed by atoms with Crippen LogP contribution >= 0.6 is 31.9 Å². The maximum atomic E-state index is 13.2. The van der Waals surface area contributed by atoms with Crippen LogP contribution in [0.4, 0.5) is 24.5 Å². The Hall–Kier alpha value is -2.33. The van der Waals surface area contributed by atoms with E-state index in [4.69, 9.17) is 9.84 Å². The molecule has 35 heavy (non-hydrogen) atoms. The molecule has 1 N–H and O–H groups in total. The number of benzene rings is 2. The number of nitro groups is 2. The summed E-state index contributed by atoms with van der Waals surface area (Å²) in [5.41, 5.74) is -1.24. The zero-order chi connectivity index (χ0) is 27.3. The molecule has 196 valence electrons. The fourth-order valence-electron chi connectivity index (χ4n) is 1.97. The van der Waals surface area contributed by atoms with Crippen molar-refractivity contribution in [3.05, 3.63) is 70.9 Å². The normalized spacial score (nSPS) is 10.3. The summed E-state index contributed by atoms with van der Waals surface area (Å²) in [6.07, 6.45) is 0. The van der Waals surface area contributed by atoms with Crippen molar-refractivity contribution in [1.29, 1.82) is 0 Å². The summed E-state index contributed by atoms with van der Waals surface area (Å²) in [6, 6.07) is 3.35. The van der Waals surface area contributed by atoms with Gasteiger partial charge in [0.25, 0.3) is 0 Å². The van der Waals surface area contributed by atoms with Gasteiger partial charge in [0.1, 0.15) is 18.2 Å². The van der Waals surface area contributed by atoms with Gasteiger partial charge in [-0.25, -0.2) is 8.78 Å². The zero-order valence-electron chi connectivity index (χ0n) is 19.3. The number of rotatable bonds is 8. The van der Waals surface area contributed by atoms with Gasteiger partial charge in [0.2, 0.25) is 5.82 Å². The van der Waals surface area contributed by atoms with E-state index in [9.17, 15) is 33.4 Å². The minimum absolute atomic E-state index is 0.0603. The molecule has 0 amide bonds. The van der Waals surface area contributed by atoms with Gasteiger partial charge in [-0.1, -0.05) is 0 Å². The van der Waals surface area contributed by atoms with Gasteiger partial charge < -0.3 is 19.6 Å². The lowest BCUT2D eigenvalue weighted by Gasteiger charge is -2.11. The third kappa shape index (κ3) is 12.8. The molecule has 2 rings (SSSR count). The first-order chi connectivity index (χ1) is 16.2. The van der Waals surface area contributed by atoms with Crippen LogP contribution in [0.5, 0.6) is 5.75 Å². The highest BCUT2D eigenvalue weighted by atomic mass is 79.9. The summed E-state index contributed by atoms with van der Waals surface area (Å²) in [6.45, 7) is 1.94. The third-order valence-electron chi connectivity index (χ3n) is 3.73. The highest BCUT2D eigenvalue weighted by Crippen LogP contribution is 2.32. The van der Waals surface area contributed by atoms with Crippen LogP contribution in [0.25, 0.3) is 0 Å². The average Bonchev–Trinajstić information content (AvgIpc) is 2.73. The van der Waals surface area contributed by atoms with Crippen molar-refractivity contribution in [3.63, 3.8) is 0 Å². The smallest absolute Gasteiger partial charge is 0.313 e. The number of hydrogen-bond acceptors (Lipinski definition) is 8. The topological polar surface area (TPSA) is 122 Å². The van der Waals surface area contributed by atoms with Crippen LogP contribution in [0.2, 0.25) is 0 Å². The standard InChI is InChI=1S/C10H12BrFN2O3.C6H2BrF2NO2.C4H11NO/c1-13(2)3-4-17-10-5-7(11)8(12)6-9(10)14(15)16;7-3-1-5(9)6(10(11)12)2-4(3)8;1-5(2)3-4-6/h5-6H,3-4H2,1-2H3;1-2H;6H,3-4H2,1-2H3. The molecule has 0 aliphatic heterocycles. The fourth-order valence-corrected chi connectivity index (χ4v) is 2.60. The molecule has 0 aromatic heterocycles. The van der Waals surface area contributed by atoms with Gasteiger partial charge in [0.15, 0.2) is 5.75 Å². The van der Waals surface area contributed by atoms with Crippen LogP contribution < -0.4 is 4.74 Å². The predicted octanol–water partition coefficient (Wildman–Crippen LogP) is 4.61. The van der Waals surface area contributed by atoms with E-state index in [0.29, 0.717) is 25.3 Å². The number of halogens is 5. The highest BCUT2D eigenvalue weighted by molar-refractivity contribution is 9.10. The molecule has 2 aromatic rings. The first kappa shape index (κ1) is 32.7. The van der Waals surface area contributed by atoms with Crippen molar-refractivity contribution < 1.29 is 32.9 Å². The highest BCUT2D eigenvalue weighted by Gasteiger charge is 2.19. The van der Waals surface area contributed by atoms with E-state index in [2.05, 4.69) is 31.9 Å². The SMILES string of the molecule is CN(C)CCO.CN(C)CCOc1cc(Br)c(F)cc1[N+](=O)[O-].O=[N+]([O-])c1cc(F)c(Br)cc1F. The number of aliphatic hydroxyl groups is 1. The van der Waals surface area contributed by atoms with E-state index in [0.717, 1.165) is 12.6 Å². The Morgan fingerprint density at radius 3 is 1.69 bits per heavy atom. The van der Waals surface area contributed by atoms with Gasteiger partial charge in [-0.15, -0.1) is 0 Å². The second kappa shape index (κ2) is 16.4. The fraction of sp³-hybridized carbons (Fsp3) is 0.400. The Morgan fingerprint density at radius 1 is 0.829 bits per heavy atom. The first-order valence-electron chi connectivity index (χ1n) is 9.66.